The Morgan fingerprint density at radius 2 is 1.93 bits per heavy atom. The minimum absolute atomic E-state index is 0.295. The van der Waals surface area contributed by atoms with E-state index in [2.05, 4.69) is 39.6 Å². The molecule has 1 unspecified atom stereocenters. The Kier molecular flexibility index (Phi) is 3.78. The van der Waals surface area contributed by atoms with E-state index in [9.17, 15) is 0 Å². The standard InChI is InChI=1S/C12H17BrN2/c13-11-8-4-3-7-10(11)12(15-14)9-5-1-2-6-9/h3-4,7-9,12,15H,1-2,5-6,14H2. The zero-order valence-electron chi connectivity index (χ0n) is 8.75. The number of nitrogens with two attached hydrogens (primary N) is 1. The number of rotatable bonds is 3. The van der Waals surface area contributed by atoms with E-state index in [1.807, 2.05) is 6.07 Å². The van der Waals surface area contributed by atoms with Gasteiger partial charge in [0, 0.05) is 10.5 Å². The van der Waals surface area contributed by atoms with Crippen molar-refractivity contribution in [2.24, 2.45) is 11.8 Å². The van der Waals surface area contributed by atoms with Gasteiger partial charge in [0.15, 0.2) is 0 Å². The SMILES string of the molecule is NNC(c1ccccc1Br)C1CCCC1. The van der Waals surface area contributed by atoms with Gasteiger partial charge in [0.2, 0.25) is 0 Å². The second kappa shape index (κ2) is 5.10. The predicted octanol–water partition coefficient (Wildman–Crippen LogP) is 3.14. The fraction of sp³-hybridized carbons (Fsp3) is 0.500. The lowest BCUT2D eigenvalue weighted by Gasteiger charge is -2.23. The fourth-order valence-electron chi connectivity index (χ4n) is 2.50. The first kappa shape index (κ1) is 11.1. The van der Waals surface area contributed by atoms with Crippen LogP contribution in [0.2, 0.25) is 0 Å². The van der Waals surface area contributed by atoms with E-state index in [0.717, 1.165) is 4.47 Å². The van der Waals surface area contributed by atoms with Crippen molar-refractivity contribution in [3.05, 3.63) is 34.3 Å². The molecule has 0 heterocycles. The van der Waals surface area contributed by atoms with Crippen LogP contribution in [0.3, 0.4) is 0 Å². The zero-order valence-corrected chi connectivity index (χ0v) is 10.3. The summed E-state index contributed by atoms with van der Waals surface area (Å²) in [7, 11) is 0. The van der Waals surface area contributed by atoms with Crippen LogP contribution in [0.5, 0.6) is 0 Å². The molecule has 2 rings (SSSR count). The summed E-state index contributed by atoms with van der Waals surface area (Å²) in [6, 6.07) is 8.62. The quantitative estimate of drug-likeness (QED) is 0.653. The van der Waals surface area contributed by atoms with Crippen molar-refractivity contribution in [3.63, 3.8) is 0 Å². The van der Waals surface area contributed by atoms with Gasteiger partial charge < -0.3 is 0 Å². The van der Waals surface area contributed by atoms with E-state index in [-0.39, 0.29) is 0 Å². The maximum atomic E-state index is 5.68. The first-order chi connectivity index (χ1) is 7.33. The molecule has 0 radical (unpaired) electrons. The van der Waals surface area contributed by atoms with E-state index in [4.69, 9.17) is 5.84 Å². The largest absolute Gasteiger partial charge is 0.271 e. The van der Waals surface area contributed by atoms with Gasteiger partial charge in [-0.3, -0.25) is 11.3 Å². The number of hydrogen-bond acceptors (Lipinski definition) is 2. The second-order valence-electron chi connectivity index (χ2n) is 4.21. The number of hydrazine groups is 1. The molecule has 15 heavy (non-hydrogen) atoms. The lowest BCUT2D eigenvalue weighted by Crippen LogP contribution is -2.32. The van der Waals surface area contributed by atoms with Crippen molar-refractivity contribution in [2.75, 3.05) is 0 Å². The molecule has 1 aromatic rings. The van der Waals surface area contributed by atoms with Crippen molar-refractivity contribution >= 4 is 15.9 Å². The van der Waals surface area contributed by atoms with Gasteiger partial charge in [0.1, 0.15) is 0 Å². The van der Waals surface area contributed by atoms with E-state index in [0.29, 0.717) is 12.0 Å². The van der Waals surface area contributed by atoms with Crippen molar-refractivity contribution in [1.29, 1.82) is 0 Å². The average molecular weight is 269 g/mol. The average Bonchev–Trinajstić information content (AvgIpc) is 2.75. The molecular weight excluding hydrogens is 252 g/mol. The summed E-state index contributed by atoms with van der Waals surface area (Å²) in [4.78, 5) is 0. The zero-order chi connectivity index (χ0) is 10.7. The van der Waals surface area contributed by atoms with Crippen molar-refractivity contribution in [2.45, 2.75) is 31.7 Å². The third kappa shape index (κ3) is 2.41. The van der Waals surface area contributed by atoms with E-state index < -0.39 is 0 Å². The highest BCUT2D eigenvalue weighted by atomic mass is 79.9. The van der Waals surface area contributed by atoms with E-state index >= 15 is 0 Å². The summed E-state index contributed by atoms with van der Waals surface area (Å²) in [6.07, 6.45) is 5.26. The van der Waals surface area contributed by atoms with E-state index in [1.165, 1.54) is 31.2 Å². The maximum absolute atomic E-state index is 5.68. The lowest BCUT2D eigenvalue weighted by atomic mass is 9.92. The van der Waals surface area contributed by atoms with Gasteiger partial charge >= 0.3 is 0 Å². The van der Waals surface area contributed by atoms with Gasteiger partial charge in [-0.1, -0.05) is 47.0 Å². The first-order valence-corrected chi connectivity index (χ1v) is 6.33. The van der Waals surface area contributed by atoms with Crippen LogP contribution >= 0.6 is 15.9 Å². The summed E-state index contributed by atoms with van der Waals surface area (Å²) in [6.45, 7) is 0. The van der Waals surface area contributed by atoms with Gasteiger partial charge in [-0.15, -0.1) is 0 Å². The number of hydrogen-bond donors (Lipinski definition) is 2. The molecule has 1 saturated carbocycles. The molecule has 1 fully saturated rings. The highest BCUT2D eigenvalue weighted by Gasteiger charge is 2.26. The van der Waals surface area contributed by atoms with Crippen LogP contribution in [0.1, 0.15) is 37.3 Å². The van der Waals surface area contributed by atoms with Gasteiger partial charge in [0.25, 0.3) is 0 Å². The fourth-order valence-corrected chi connectivity index (χ4v) is 3.03. The van der Waals surface area contributed by atoms with Crippen LogP contribution in [0, 0.1) is 5.92 Å². The first-order valence-electron chi connectivity index (χ1n) is 5.53. The van der Waals surface area contributed by atoms with Gasteiger partial charge in [0.05, 0.1) is 0 Å². The third-order valence-corrected chi connectivity index (χ3v) is 4.01. The summed E-state index contributed by atoms with van der Waals surface area (Å²) < 4.78 is 1.15. The molecule has 1 aliphatic carbocycles. The van der Waals surface area contributed by atoms with Crippen molar-refractivity contribution in [3.8, 4) is 0 Å². The molecule has 3 heteroatoms. The molecule has 82 valence electrons. The summed E-state index contributed by atoms with van der Waals surface area (Å²) in [5.74, 6) is 6.37. The lowest BCUT2D eigenvalue weighted by molar-refractivity contribution is 0.372. The van der Waals surface area contributed by atoms with Crippen LogP contribution in [0.25, 0.3) is 0 Å². The molecule has 3 N–H and O–H groups in total. The third-order valence-electron chi connectivity index (χ3n) is 3.29. The Morgan fingerprint density at radius 3 is 2.53 bits per heavy atom. The van der Waals surface area contributed by atoms with Crippen LogP contribution < -0.4 is 11.3 Å². The molecule has 1 aromatic carbocycles. The van der Waals surface area contributed by atoms with Gasteiger partial charge in [-0.2, -0.15) is 0 Å². The summed E-state index contributed by atoms with van der Waals surface area (Å²) >= 11 is 3.59. The minimum Gasteiger partial charge on any atom is -0.271 e. The maximum Gasteiger partial charge on any atom is 0.0499 e. The molecule has 2 nitrogen and oxygen atoms in total. The Hall–Kier alpha value is -0.380. The van der Waals surface area contributed by atoms with Crippen LogP contribution in [0.15, 0.2) is 28.7 Å². The monoisotopic (exact) mass is 268 g/mol. The topological polar surface area (TPSA) is 38.0 Å². The van der Waals surface area contributed by atoms with Crippen LogP contribution in [-0.4, -0.2) is 0 Å². The Balaban J connectivity index is 2.22. The Labute approximate surface area is 99.3 Å². The molecule has 0 saturated heterocycles. The number of halogens is 1. The predicted molar refractivity (Wildman–Crippen MR) is 66.2 cm³/mol. The summed E-state index contributed by atoms with van der Waals surface area (Å²) in [5, 5.41) is 0. The smallest absolute Gasteiger partial charge is 0.0499 e. The summed E-state index contributed by atoms with van der Waals surface area (Å²) in [5.41, 5.74) is 4.26. The Morgan fingerprint density at radius 1 is 1.27 bits per heavy atom. The highest BCUT2D eigenvalue weighted by molar-refractivity contribution is 9.10. The minimum atomic E-state index is 0.295. The molecule has 0 spiro atoms. The molecule has 0 aliphatic heterocycles. The van der Waals surface area contributed by atoms with Crippen molar-refractivity contribution < 1.29 is 0 Å². The number of nitrogens with one attached hydrogen (secondary N) is 1. The normalized spacial score (nSPS) is 19.3. The van der Waals surface area contributed by atoms with Crippen LogP contribution in [-0.2, 0) is 0 Å². The number of benzene rings is 1. The van der Waals surface area contributed by atoms with Gasteiger partial charge in [-0.05, 0) is 30.4 Å². The molecule has 0 amide bonds. The molecule has 0 bridgehead atoms. The molecule has 1 aliphatic rings. The molecular formula is C12H17BrN2. The van der Waals surface area contributed by atoms with Gasteiger partial charge in [-0.25, -0.2) is 0 Å². The highest BCUT2D eigenvalue weighted by Crippen LogP contribution is 2.37. The van der Waals surface area contributed by atoms with Crippen molar-refractivity contribution in [1.82, 2.24) is 5.43 Å². The molecule has 0 aromatic heterocycles. The Bertz CT molecular complexity index is 321. The van der Waals surface area contributed by atoms with E-state index in [1.54, 1.807) is 0 Å². The van der Waals surface area contributed by atoms with Crippen LogP contribution in [0.4, 0.5) is 0 Å². The second-order valence-corrected chi connectivity index (χ2v) is 5.06. The molecule has 1 atom stereocenters.